The lowest BCUT2D eigenvalue weighted by Crippen LogP contribution is -2.20. The summed E-state index contributed by atoms with van der Waals surface area (Å²) in [6, 6.07) is 16.8. The zero-order valence-corrected chi connectivity index (χ0v) is 20.3. The molecule has 33 heavy (non-hydrogen) atoms. The fraction of sp³-hybridized carbons (Fsp3) is 0.269. The quantitative estimate of drug-likeness (QED) is 0.197. The van der Waals surface area contributed by atoms with Crippen molar-refractivity contribution in [2.45, 2.75) is 38.5 Å². The molecular formula is C26H25BrN2O4. The van der Waals surface area contributed by atoms with Crippen molar-refractivity contribution in [3.63, 3.8) is 0 Å². The van der Waals surface area contributed by atoms with E-state index < -0.39 is 5.97 Å². The zero-order chi connectivity index (χ0) is 23.6. The van der Waals surface area contributed by atoms with Crippen LogP contribution < -0.4 is 10.2 Å². The van der Waals surface area contributed by atoms with E-state index in [-0.39, 0.29) is 28.9 Å². The Morgan fingerprint density at radius 3 is 2.58 bits per heavy atom. The highest BCUT2D eigenvalue weighted by Crippen LogP contribution is 2.47. The second-order valence-electron chi connectivity index (χ2n) is 9.10. The van der Waals surface area contributed by atoms with E-state index in [1.807, 2.05) is 0 Å². The van der Waals surface area contributed by atoms with E-state index in [0.29, 0.717) is 11.3 Å². The summed E-state index contributed by atoms with van der Waals surface area (Å²) in [6.07, 6.45) is 3.67. The number of esters is 1. The fourth-order valence-electron chi connectivity index (χ4n) is 3.59. The zero-order valence-electron chi connectivity index (χ0n) is 18.7. The average molecular weight is 509 g/mol. The maximum Gasteiger partial charge on any atom is 0.379 e. The van der Waals surface area contributed by atoms with E-state index in [9.17, 15) is 9.59 Å². The van der Waals surface area contributed by atoms with Crippen LogP contribution >= 0.6 is 15.9 Å². The van der Waals surface area contributed by atoms with Crippen molar-refractivity contribution in [3.8, 4) is 5.75 Å². The molecule has 6 nitrogen and oxygen atoms in total. The van der Waals surface area contributed by atoms with Crippen molar-refractivity contribution >= 4 is 34.0 Å². The van der Waals surface area contributed by atoms with E-state index in [1.54, 1.807) is 24.3 Å². The number of ether oxygens (including phenoxy) is 1. The minimum Gasteiger partial charge on any atom is -0.457 e. The number of nitrogens with one attached hydrogen (secondary N) is 1. The third kappa shape index (κ3) is 5.60. The van der Waals surface area contributed by atoms with Gasteiger partial charge >= 0.3 is 5.97 Å². The minimum absolute atomic E-state index is 0.0959. The van der Waals surface area contributed by atoms with Gasteiger partial charge in [0.2, 0.25) is 11.7 Å². The van der Waals surface area contributed by atoms with Crippen LogP contribution in [0.3, 0.4) is 0 Å². The second kappa shape index (κ2) is 9.35. The minimum atomic E-state index is -0.612. The first-order chi connectivity index (χ1) is 15.7. The van der Waals surface area contributed by atoms with E-state index in [0.717, 1.165) is 10.9 Å². The Hall–Kier alpha value is -3.19. The molecule has 0 unspecified atom stereocenters. The number of nitrogens with zero attached hydrogens (tertiary/aromatic N) is 1. The van der Waals surface area contributed by atoms with Crippen LogP contribution in [0.4, 0.5) is 0 Å². The van der Waals surface area contributed by atoms with Gasteiger partial charge in [-0.3, -0.25) is 4.79 Å². The molecule has 1 aromatic heterocycles. The summed E-state index contributed by atoms with van der Waals surface area (Å²) in [4.78, 5) is 24.8. The molecule has 0 aliphatic heterocycles. The first kappa shape index (κ1) is 23.0. The molecule has 0 saturated heterocycles. The van der Waals surface area contributed by atoms with Crippen LogP contribution in [-0.2, 0) is 10.2 Å². The summed E-state index contributed by atoms with van der Waals surface area (Å²) < 4.78 is 11.3. The topological polar surface area (TPSA) is 80.9 Å². The molecule has 1 fully saturated rings. The number of carbonyl (C=O) groups is 2. The van der Waals surface area contributed by atoms with Gasteiger partial charge in [0, 0.05) is 16.0 Å². The standard InChI is InChI=1S/C26H25BrN2O4/c1-26(2,3)18-8-6-16(7-9-18)20-14-21(20)24(30)29-28-15-17-13-19(27)10-11-22(17)33-25(31)23-5-4-12-32-23/h4-13,15,20-21H,14H2,1-3H3,(H,29,30)/b28-15+/t20-,21-/m0/s1. The largest absolute Gasteiger partial charge is 0.457 e. The van der Waals surface area contributed by atoms with Gasteiger partial charge in [0.25, 0.3) is 0 Å². The monoisotopic (exact) mass is 508 g/mol. The number of halogens is 1. The third-order valence-corrected chi connectivity index (χ3v) is 6.10. The van der Waals surface area contributed by atoms with E-state index in [1.165, 1.54) is 29.7 Å². The molecule has 4 rings (SSSR count). The van der Waals surface area contributed by atoms with E-state index in [4.69, 9.17) is 9.15 Å². The first-order valence-corrected chi connectivity index (χ1v) is 11.5. The highest BCUT2D eigenvalue weighted by atomic mass is 79.9. The molecule has 1 heterocycles. The fourth-order valence-corrected chi connectivity index (χ4v) is 3.97. The van der Waals surface area contributed by atoms with Crippen molar-refractivity contribution in [1.82, 2.24) is 5.43 Å². The number of hydrazone groups is 1. The lowest BCUT2D eigenvalue weighted by molar-refractivity contribution is -0.122. The van der Waals surface area contributed by atoms with Gasteiger partial charge in [0.1, 0.15) is 5.75 Å². The Morgan fingerprint density at radius 2 is 1.91 bits per heavy atom. The van der Waals surface area contributed by atoms with Crippen molar-refractivity contribution in [1.29, 1.82) is 0 Å². The van der Waals surface area contributed by atoms with Crippen molar-refractivity contribution in [2.75, 3.05) is 0 Å². The van der Waals surface area contributed by atoms with Gasteiger partial charge < -0.3 is 9.15 Å². The number of benzene rings is 2. The lowest BCUT2D eigenvalue weighted by atomic mass is 9.86. The van der Waals surface area contributed by atoms with Crippen LogP contribution in [0.2, 0.25) is 0 Å². The van der Waals surface area contributed by atoms with Crippen LogP contribution in [0.15, 0.2) is 74.9 Å². The SMILES string of the molecule is CC(C)(C)c1ccc([C@@H]2C[C@@H]2C(=O)N/N=C/c2cc(Br)ccc2OC(=O)c2ccco2)cc1. The summed E-state index contributed by atoms with van der Waals surface area (Å²) in [5.74, 6) is -0.212. The van der Waals surface area contributed by atoms with Crippen LogP contribution in [0.25, 0.3) is 0 Å². The molecule has 2 atom stereocenters. The van der Waals surface area contributed by atoms with Gasteiger partial charge in [-0.05, 0) is 59.2 Å². The number of furan rings is 1. The molecule has 1 N–H and O–H groups in total. The molecule has 1 amide bonds. The van der Waals surface area contributed by atoms with E-state index >= 15 is 0 Å². The molecule has 1 saturated carbocycles. The summed E-state index contributed by atoms with van der Waals surface area (Å²) in [6.45, 7) is 6.55. The van der Waals surface area contributed by atoms with Gasteiger partial charge in [-0.25, -0.2) is 10.2 Å². The van der Waals surface area contributed by atoms with Gasteiger partial charge in [-0.2, -0.15) is 5.10 Å². The number of amides is 1. The predicted octanol–water partition coefficient (Wildman–Crippen LogP) is 5.81. The van der Waals surface area contributed by atoms with Crippen LogP contribution in [0.5, 0.6) is 5.75 Å². The number of rotatable bonds is 6. The summed E-state index contributed by atoms with van der Waals surface area (Å²) in [7, 11) is 0. The Morgan fingerprint density at radius 1 is 1.15 bits per heavy atom. The van der Waals surface area contributed by atoms with Gasteiger partial charge in [0.15, 0.2) is 0 Å². The van der Waals surface area contributed by atoms with Crippen LogP contribution in [0, 0.1) is 5.92 Å². The summed E-state index contributed by atoms with van der Waals surface area (Å²) in [5, 5.41) is 4.09. The molecule has 3 aromatic rings. The number of hydrogen-bond acceptors (Lipinski definition) is 5. The molecule has 1 aliphatic carbocycles. The predicted molar refractivity (Wildman–Crippen MR) is 130 cm³/mol. The molecule has 7 heteroatoms. The van der Waals surface area contributed by atoms with Crippen LogP contribution in [-0.4, -0.2) is 18.1 Å². The first-order valence-electron chi connectivity index (χ1n) is 10.7. The highest BCUT2D eigenvalue weighted by molar-refractivity contribution is 9.10. The Bertz CT molecular complexity index is 1180. The molecule has 170 valence electrons. The van der Waals surface area contributed by atoms with Gasteiger partial charge in [-0.1, -0.05) is 61.0 Å². The molecule has 1 aliphatic rings. The maximum absolute atomic E-state index is 12.6. The second-order valence-corrected chi connectivity index (χ2v) is 10.0. The van der Waals surface area contributed by atoms with E-state index in [2.05, 4.69) is 71.5 Å². The highest BCUT2D eigenvalue weighted by Gasteiger charge is 2.44. The van der Waals surface area contributed by atoms with Gasteiger partial charge in [0.05, 0.1) is 12.5 Å². The van der Waals surface area contributed by atoms with Crippen molar-refractivity contribution in [3.05, 3.63) is 87.8 Å². The molecule has 2 aromatic carbocycles. The smallest absolute Gasteiger partial charge is 0.379 e. The summed E-state index contributed by atoms with van der Waals surface area (Å²) in [5.41, 5.74) is 5.70. The molecule has 0 radical (unpaired) electrons. The Kier molecular flexibility index (Phi) is 6.51. The molecule has 0 spiro atoms. The summed E-state index contributed by atoms with van der Waals surface area (Å²) >= 11 is 3.40. The van der Waals surface area contributed by atoms with Crippen LogP contribution in [0.1, 0.15) is 60.4 Å². The van der Waals surface area contributed by atoms with Crippen molar-refractivity contribution < 1.29 is 18.7 Å². The maximum atomic E-state index is 12.6. The number of hydrogen-bond donors (Lipinski definition) is 1. The number of carbonyl (C=O) groups excluding carboxylic acids is 2. The molecule has 0 bridgehead atoms. The Balaban J connectivity index is 1.37. The third-order valence-electron chi connectivity index (χ3n) is 5.61. The Labute approximate surface area is 201 Å². The normalized spacial score (nSPS) is 17.7. The van der Waals surface area contributed by atoms with Crippen molar-refractivity contribution in [2.24, 2.45) is 11.0 Å². The van der Waals surface area contributed by atoms with Gasteiger partial charge in [-0.15, -0.1) is 0 Å². The lowest BCUT2D eigenvalue weighted by Gasteiger charge is -2.19. The molecular weight excluding hydrogens is 484 g/mol. The average Bonchev–Trinajstić information content (AvgIpc) is 3.39.